The number of para-hydroxylation sites is 1. The highest BCUT2D eigenvalue weighted by Crippen LogP contribution is 2.39. The molecule has 1 unspecified atom stereocenters. The Morgan fingerprint density at radius 1 is 1.04 bits per heavy atom. The van der Waals surface area contributed by atoms with E-state index in [0.29, 0.717) is 12.2 Å². The van der Waals surface area contributed by atoms with Gasteiger partial charge in [-0.1, -0.05) is 36.4 Å². The summed E-state index contributed by atoms with van der Waals surface area (Å²) >= 11 is 0. The van der Waals surface area contributed by atoms with Crippen molar-refractivity contribution in [3.63, 3.8) is 0 Å². The van der Waals surface area contributed by atoms with Crippen LogP contribution < -0.4 is 4.90 Å². The Kier molecular flexibility index (Phi) is 3.98. The largest absolute Gasteiger partial charge is 0.355 e. The molecule has 0 amide bonds. The van der Waals surface area contributed by atoms with Gasteiger partial charge in [-0.2, -0.15) is 0 Å². The van der Waals surface area contributed by atoms with Crippen LogP contribution in [0.2, 0.25) is 0 Å². The van der Waals surface area contributed by atoms with Crippen LogP contribution in [0.15, 0.2) is 48.5 Å². The van der Waals surface area contributed by atoms with Crippen molar-refractivity contribution in [1.29, 1.82) is 0 Å². The van der Waals surface area contributed by atoms with Crippen molar-refractivity contribution in [3.8, 4) is 0 Å². The molecule has 0 bridgehead atoms. The highest BCUT2D eigenvalue weighted by Gasteiger charge is 2.36. The van der Waals surface area contributed by atoms with Crippen LogP contribution in [-0.4, -0.2) is 26.8 Å². The second-order valence-electron chi connectivity index (χ2n) is 7.62. The summed E-state index contributed by atoms with van der Waals surface area (Å²) in [7, 11) is 0. The van der Waals surface area contributed by atoms with Gasteiger partial charge in [-0.05, 0) is 60.9 Å². The van der Waals surface area contributed by atoms with Gasteiger partial charge in [0, 0.05) is 6.54 Å². The molecular formula is C20H22FN5. The summed E-state index contributed by atoms with van der Waals surface area (Å²) in [5.74, 6) is 0.500. The molecule has 1 atom stereocenters. The highest BCUT2D eigenvalue weighted by molar-refractivity contribution is 5.55. The molecule has 0 N–H and O–H groups in total. The van der Waals surface area contributed by atoms with E-state index < -0.39 is 0 Å². The molecule has 6 heteroatoms. The van der Waals surface area contributed by atoms with Crippen LogP contribution in [0.1, 0.15) is 43.8 Å². The topological polar surface area (TPSA) is 46.8 Å². The van der Waals surface area contributed by atoms with Gasteiger partial charge in [-0.3, -0.25) is 0 Å². The SMILES string of the molecule is CC(C)(C)n1nnnc1C1c2ccccc2CCN1c1ccccc1F. The number of anilines is 1. The van der Waals surface area contributed by atoms with Crippen molar-refractivity contribution < 1.29 is 4.39 Å². The van der Waals surface area contributed by atoms with Crippen molar-refractivity contribution in [1.82, 2.24) is 20.2 Å². The number of benzene rings is 2. The Morgan fingerprint density at radius 3 is 2.54 bits per heavy atom. The third-order valence-corrected chi connectivity index (χ3v) is 4.82. The number of aromatic nitrogens is 4. The van der Waals surface area contributed by atoms with Crippen LogP contribution in [0.5, 0.6) is 0 Å². The van der Waals surface area contributed by atoms with Gasteiger partial charge in [0.05, 0.1) is 11.2 Å². The van der Waals surface area contributed by atoms with Crippen molar-refractivity contribution >= 4 is 5.69 Å². The second-order valence-corrected chi connectivity index (χ2v) is 7.62. The van der Waals surface area contributed by atoms with E-state index in [4.69, 9.17) is 0 Å². The summed E-state index contributed by atoms with van der Waals surface area (Å²) in [6.45, 7) is 6.90. The molecule has 5 nitrogen and oxygen atoms in total. The fourth-order valence-corrected chi connectivity index (χ4v) is 3.63. The van der Waals surface area contributed by atoms with Gasteiger partial charge in [0.25, 0.3) is 0 Å². The van der Waals surface area contributed by atoms with Gasteiger partial charge in [0.2, 0.25) is 0 Å². The predicted octanol–water partition coefficient (Wildman–Crippen LogP) is 3.72. The zero-order valence-electron chi connectivity index (χ0n) is 15.2. The summed E-state index contributed by atoms with van der Waals surface area (Å²) in [4.78, 5) is 2.08. The lowest BCUT2D eigenvalue weighted by atomic mass is 9.91. The molecule has 2 heterocycles. The number of nitrogens with zero attached hydrogens (tertiary/aromatic N) is 5. The van der Waals surface area contributed by atoms with E-state index in [1.54, 1.807) is 6.07 Å². The number of rotatable bonds is 2. The Hall–Kier alpha value is -2.76. The zero-order chi connectivity index (χ0) is 18.3. The van der Waals surface area contributed by atoms with Gasteiger partial charge in [0.15, 0.2) is 5.82 Å². The third kappa shape index (κ3) is 2.75. The van der Waals surface area contributed by atoms with E-state index >= 15 is 0 Å². The number of tetrazole rings is 1. The van der Waals surface area contributed by atoms with Gasteiger partial charge < -0.3 is 4.90 Å². The predicted molar refractivity (Wildman–Crippen MR) is 98.5 cm³/mol. The molecule has 1 aliphatic rings. The smallest absolute Gasteiger partial charge is 0.178 e. The van der Waals surface area contributed by atoms with Crippen LogP contribution in [-0.2, 0) is 12.0 Å². The maximum absolute atomic E-state index is 14.6. The van der Waals surface area contributed by atoms with E-state index in [9.17, 15) is 4.39 Å². The van der Waals surface area contributed by atoms with Crippen LogP contribution in [0.3, 0.4) is 0 Å². The van der Waals surface area contributed by atoms with E-state index in [1.165, 1.54) is 11.6 Å². The summed E-state index contributed by atoms with van der Waals surface area (Å²) in [6.07, 6.45) is 0.859. The normalized spacial score (nSPS) is 17.2. The number of hydrogen-bond donors (Lipinski definition) is 0. The molecular weight excluding hydrogens is 329 g/mol. The maximum Gasteiger partial charge on any atom is 0.178 e. The Balaban J connectivity index is 1.92. The van der Waals surface area contributed by atoms with Crippen molar-refractivity contribution in [2.45, 2.75) is 38.8 Å². The van der Waals surface area contributed by atoms with Crippen LogP contribution >= 0.6 is 0 Å². The minimum absolute atomic E-state index is 0.230. The molecule has 0 spiro atoms. The molecule has 0 aliphatic carbocycles. The lowest BCUT2D eigenvalue weighted by Crippen LogP contribution is -2.40. The van der Waals surface area contributed by atoms with Gasteiger partial charge in [0.1, 0.15) is 11.9 Å². The Bertz CT molecular complexity index is 928. The van der Waals surface area contributed by atoms with Crippen molar-refractivity contribution in [2.24, 2.45) is 0 Å². The molecule has 134 valence electrons. The lowest BCUT2D eigenvalue weighted by Gasteiger charge is -2.39. The zero-order valence-corrected chi connectivity index (χ0v) is 15.2. The van der Waals surface area contributed by atoms with Crippen LogP contribution in [0.4, 0.5) is 10.1 Å². The molecule has 0 saturated heterocycles. The van der Waals surface area contributed by atoms with E-state index in [2.05, 4.69) is 53.3 Å². The first-order chi connectivity index (χ1) is 12.5. The minimum atomic E-state index is -0.272. The molecule has 4 rings (SSSR count). The average Bonchev–Trinajstić information content (AvgIpc) is 3.11. The monoisotopic (exact) mass is 351 g/mol. The molecule has 0 radical (unpaired) electrons. The first-order valence-corrected chi connectivity index (χ1v) is 8.84. The van der Waals surface area contributed by atoms with Crippen LogP contribution in [0.25, 0.3) is 0 Å². The number of hydrogen-bond acceptors (Lipinski definition) is 4. The number of halogens is 1. The third-order valence-electron chi connectivity index (χ3n) is 4.82. The number of fused-ring (bicyclic) bond motifs is 1. The summed E-state index contributed by atoms with van der Waals surface area (Å²) in [6, 6.07) is 14.9. The van der Waals surface area contributed by atoms with Gasteiger partial charge >= 0.3 is 0 Å². The van der Waals surface area contributed by atoms with Crippen molar-refractivity contribution in [3.05, 3.63) is 71.3 Å². The quantitative estimate of drug-likeness (QED) is 0.706. The first-order valence-electron chi connectivity index (χ1n) is 8.84. The van der Waals surface area contributed by atoms with E-state index in [-0.39, 0.29) is 17.4 Å². The average molecular weight is 351 g/mol. The molecule has 3 aromatic rings. The minimum Gasteiger partial charge on any atom is -0.355 e. The first kappa shape index (κ1) is 16.7. The molecule has 0 fully saturated rings. The van der Waals surface area contributed by atoms with Crippen molar-refractivity contribution in [2.75, 3.05) is 11.4 Å². The fraction of sp³-hybridized carbons (Fsp3) is 0.350. The van der Waals surface area contributed by atoms with Gasteiger partial charge in [-0.15, -0.1) is 5.10 Å². The molecule has 26 heavy (non-hydrogen) atoms. The Morgan fingerprint density at radius 2 is 1.77 bits per heavy atom. The highest BCUT2D eigenvalue weighted by atomic mass is 19.1. The molecule has 0 saturated carbocycles. The second kappa shape index (κ2) is 6.20. The Labute approximate surface area is 152 Å². The van der Waals surface area contributed by atoms with Gasteiger partial charge in [-0.25, -0.2) is 9.07 Å². The van der Waals surface area contributed by atoms with E-state index in [1.807, 2.05) is 28.9 Å². The summed E-state index contributed by atoms with van der Waals surface area (Å²) < 4.78 is 16.4. The standard InChI is InChI=1S/C20H22FN5/c1-20(2,3)26-19(22-23-24-26)18-15-9-5-4-8-14(15)12-13-25(18)17-11-7-6-10-16(17)21/h4-11,18H,12-13H2,1-3H3. The summed E-state index contributed by atoms with van der Waals surface area (Å²) in [5.41, 5.74) is 2.69. The maximum atomic E-state index is 14.6. The lowest BCUT2D eigenvalue weighted by molar-refractivity contribution is 0.328. The molecule has 1 aromatic heterocycles. The summed E-state index contributed by atoms with van der Waals surface area (Å²) in [5, 5.41) is 12.5. The van der Waals surface area contributed by atoms with Crippen LogP contribution in [0, 0.1) is 5.82 Å². The molecule has 2 aromatic carbocycles. The van der Waals surface area contributed by atoms with E-state index in [0.717, 1.165) is 17.8 Å². The fourth-order valence-electron chi connectivity index (χ4n) is 3.63. The molecule has 1 aliphatic heterocycles.